The molecule has 1 saturated heterocycles. The van der Waals surface area contributed by atoms with Gasteiger partial charge in [-0.2, -0.15) is 0 Å². The summed E-state index contributed by atoms with van der Waals surface area (Å²) in [4.78, 5) is 36.6. The van der Waals surface area contributed by atoms with Crippen molar-refractivity contribution in [2.75, 3.05) is 13.7 Å². The first-order valence-corrected chi connectivity index (χ1v) is 9.25. The zero-order chi connectivity index (χ0) is 21.0. The number of esters is 1. The van der Waals surface area contributed by atoms with Crippen molar-refractivity contribution in [1.29, 1.82) is 0 Å². The maximum atomic E-state index is 13.0. The van der Waals surface area contributed by atoms with Gasteiger partial charge in [-0.3, -0.25) is 9.59 Å². The molecule has 0 atom stereocenters. The van der Waals surface area contributed by atoms with Crippen LogP contribution in [0.1, 0.15) is 11.1 Å². The molecule has 2 aromatic carbocycles. The van der Waals surface area contributed by atoms with Crippen LogP contribution in [0.15, 0.2) is 52.6 Å². The van der Waals surface area contributed by atoms with E-state index in [0.717, 1.165) is 14.9 Å². The fourth-order valence-electron chi connectivity index (χ4n) is 2.57. The van der Waals surface area contributed by atoms with Gasteiger partial charge in [0.15, 0.2) is 0 Å². The van der Waals surface area contributed by atoms with Crippen LogP contribution in [0, 0.1) is 5.82 Å². The van der Waals surface area contributed by atoms with Gasteiger partial charge in [0, 0.05) is 10.0 Å². The Morgan fingerprint density at radius 2 is 1.93 bits per heavy atom. The van der Waals surface area contributed by atoms with Crippen LogP contribution in [0.3, 0.4) is 0 Å². The van der Waals surface area contributed by atoms with Crippen LogP contribution in [-0.4, -0.2) is 36.5 Å². The number of urea groups is 1. The predicted molar refractivity (Wildman–Crippen MR) is 105 cm³/mol. The fourth-order valence-corrected chi connectivity index (χ4v) is 2.95. The Hall–Kier alpha value is -3.20. The molecule has 1 N–H and O–H groups in total. The van der Waals surface area contributed by atoms with Gasteiger partial charge in [0.1, 0.15) is 30.4 Å². The van der Waals surface area contributed by atoms with Crippen LogP contribution in [0.5, 0.6) is 5.75 Å². The lowest BCUT2D eigenvalue weighted by Crippen LogP contribution is -2.36. The van der Waals surface area contributed by atoms with Crippen molar-refractivity contribution in [3.8, 4) is 5.75 Å². The normalized spacial score (nSPS) is 14.9. The molecule has 1 aliphatic heterocycles. The smallest absolute Gasteiger partial charge is 0.329 e. The summed E-state index contributed by atoms with van der Waals surface area (Å²) < 4.78 is 24.1. The molecule has 0 spiro atoms. The van der Waals surface area contributed by atoms with Gasteiger partial charge in [-0.1, -0.05) is 28.1 Å². The van der Waals surface area contributed by atoms with E-state index in [0.29, 0.717) is 11.3 Å². The molecule has 0 aliphatic carbocycles. The highest BCUT2D eigenvalue weighted by molar-refractivity contribution is 9.10. The molecule has 1 fully saturated rings. The second-order valence-corrected chi connectivity index (χ2v) is 6.97. The number of hydrogen-bond acceptors (Lipinski definition) is 5. The van der Waals surface area contributed by atoms with E-state index in [1.54, 1.807) is 30.3 Å². The third-order valence-corrected chi connectivity index (χ3v) is 4.55. The summed E-state index contributed by atoms with van der Waals surface area (Å²) in [6.07, 6.45) is 1.46. The number of benzene rings is 2. The van der Waals surface area contributed by atoms with Gasteiger partial charge in [0.05, 0.1) is 7.11 Å². The number of ether oxygens (including phenoxy) is 2. The minimum Gasteiger partial charge on any atom is -0.488 e. The van der Waals surface area contributed by atoms with Gasteiger partial charge in [0.25, 0.3) is 5.91 Å². The first-order valence-electron chi connectivity index (χ1n) is 8.45. The third kappa shape index (κ3) is 5.00. The summed E-state index contributed by atoms with van der Waals surface area (Å²) in [5, 5.41) is 2.44. The van der Waals surface area contributed by atoms with E-state index in [-0.39, 0.29) is 18.1 Å². The lowest BCUT2D eigenvalue weighted by Gasteiger charge is -2.11. The van der Waals surface area contributed by atoms with Crippen LogP contribution in [0.4, 0.5) is 9.18 Å². The zero-order valence-corrected chi connectivity index (χ0v) is 16.9. The second-order valence-electron chi connectivity index (χ2n) is 6.05. The Balaban J connectivity index is 1.82. The van der Waals surface area contributed by atoms with E-state index in [1.807, 2.05) is 0 Å². The molecule has 0 aromatic heterocycles. The number of imide groups is 1. The number of nitrogens with zero attached hydrogens (tertiary/aromatic N) is 1. The molecule has 9 heteroatoms. The van der Waals surface area contributed by atoms with E-state index in [2.05, 4.69) is 26.0 Å². The number of rotatable bonds is 6. The molecule has 0 radical (unpaired) electrons. The Morgan fingerprint density at radius 1 is 1.21 bits per heavy atom. The van der Waals surface area contributed by atoms with Crippen molar-refractivity contribution in [2.45, 2.75) is 6.61 Å². The largest absolute Gasteiger partial charge is 0.488 e. The van der Waals surface area contributed by atoms with E-state index >= 15 is 0 Å². The number of halogens is 2. The summed E-state index contributed by atoms with van der Waals surface area (Å²) in [5.74, 6) is -1.24. The fraction of sp³-hybridized carbons (Fsp3) is 0.150. The average molecular weight is 463 g/mol. The molecule has 150 valence electrons. The number of nitrogens with one attached hydrogen (secondary N) is 1. The Bertz CT molecular complexity index is 991. The highest BCUT2D eigenvalue weighted by Crippen LogP contribution is 2.27. The molecule has 0 saturated carbocycles. The molecular formula is C20H16BrFN2O5. The van der Waals surface area contributed by atoms with E-state index in [4.69, 9.17) is 4.74 Å². The maximum Gasteiger partial charge on any atom is 0.329 e. The Morgan fingerprint density at radius 3 is 2.62 bits per heavy atom. The Labute approximate surface area is 174 Å². The minimum absolute atomic E-state index is 0.00337. The van der Waals surface area contributed by atoms with Crippen molar-refractivity contribution in [3.05, 3.63) is 69.6 Å². The summed E-state index contributed by atoms with van der Waals surface area (Å²) in [6.45, 7) is -0.294. The number of amides is 3. The van der Waals surface area contributed by atoms with Crippen molar-refractivity contribution in [3.63, 3.8) is 0 Å². The number of hydrogen-bond donors (Lipinski definition) is 1. The molecule has 7 nitrogen and oxygen atoms in total. The molecule has 3 rings (SSSR count). The van der Waals surface area contributed by atoms with Gasteiger partial charge in [-0.05, 0) is 42.0 Å². The molecule has 1 heterocycles. The standard InChI is InChI=1S/C20H16BrFN2O5/c1-28-18(25)10-24-19(26)16(23-20(24)27)9-13-8-14(21)4-7-17(13)29-11-12-2-5-15(22)6-3-12/h2-9H,10-11H2,1H3,(H,23,27)/b16-9+. The summed E-state index contributed by atoms with van der Waals surface area (Å²) in [5.41, 5.74) is 1.30. The lowest BCUT2D eigenvalue weighted by molar-refractivity contribution is -0.143. The monoisotopic (exact) mass is 462 g/mol. The number of methoxy groups -OCH3 is 1. The van der Waals surface area contributed by atoms with Crippen molar-refractivity contribution in [1.82, 2.24) is 10.2 Å². The zero-order valence-electron chi connectivity index (χ0n) is 15.3. The first-order chi connectivity index (χ1) is 13.9. The first kappa shape index (κ1) is 20.5. The van der Waals surface area contributed by atoms with E-state index < -0.39 is 24.5 Å². The van der Waals surface area contributed by atoms with Crippen molar-refractivity contribution >= 4 is 39.9 Å². The minimum atomic E-state index is -0.713. The van der Waals surface area contributed by atoms with Crippen LogP contribution < -0.4 is 10.1 Å². The van der Waals surface area contributed by atoms with Gasteiger partial charge < -0.3 is 14.8 Å². The quantitative estimate of drug-likeness (QED) is 0.404. The lowest BCUT2D eigenvalue weighted by atomic mass is 10.1. The van der Waals surface area contributed by atoms with E-state index in [1.165, 1.54) is 25.3 Å². The van der Waals surface area contributed by atoms with Crippen LogP contribution in [0.25, 0.3) is 6.08 Å². The summed E-state index contributed by atoms with van der Waals surface area (Å²) in [6, 6.07) is 10.4. The number of carbonyl (C=O) groups excluding carboxylic acids is 3. The second kappa shape index (κ2) is 8.87. The van der Waals surface area contributed by atoms with Crippen LogP contribution >= 0.6 is 15.9 Å². The highest BCUT2D eigenvalue weighted by atomic mass is 79.9. The van der Waals surface area contributed by atoms with Gasteiger partial charge in [-0.25, -0.2) is 14.1 Å². The predicted octanol–water partition coefficient (Wildman–Crippen LogP) is 3.23. The molecular weight excluding hydrogens is 447 g/mol. The highest BCUT2D eigenvalue weighted by Gasteiger charge is 2.35. The maximum absolute atomic E-state index is 13.0. The molecule has 29 heavy (non-hydrogen) atoms. The topological polar surface area (TPSA) is 84.9 Å². The average Bonchev–Trinajstić information content (AvgIpc) is 2.96. The molecule has 0 unspecified atom stereocenters. The molecule has 2 aromatic rings. The van der Waals surface area contributed by atoms with Crippen LogP contribution in [0.2, 0.25) is 0 Å². The van der Waals surface area contributed by atoms with Gasteiger partial charge in [-0.15, -0.1) is 0 Å². The SMILES string of the molecule is COC(=O)CN1C(=O)N/C(=C/c2cc(Br)ccc2OCc2ccc(F)cc2)C1=O. The van der Waals surface area contributed by atoms with E-state index in [9.17, 15) is 18.8 Å². The van der Waals surface area contributed by atoms with Crippen molar-refractivity contribution < 1.29 is 28.2 Å². The van der Waals surface area contributed by atoms with Gasteiger partial charge >= 0.3 is 12.0 Å². The number of carbonyl (C=O) groups is 3. The summed E-state index contributed by atoms with van der Waals surface area (Å²) in [7, 11) is 1.17. The van der Waals surface area contributed by atoms with Crippen molar-refractivity contribution in [2.24, 2.45) is 0 Å². The summed E-state index contributed by atoms with van der Waals surface area (Å²) >= 11 is 3.36. The van der Waals surface area contributed by atoms with Crippen LogP contribution in [-0.2, 0) is 20.9 Å². The van der Waals surface area contributed by atoms with Gasteiger partial charge in [0.2, 0.25) is 0 Å². The molecule has 0 bridgehead atoms. The Kier molecular flexibility index (Phi) is 6.28. The molecule has 1 aliphatic rings. The molecule has 3 amide bonds. The third-order valence-electron chi connectivity index (χ3n) is 4.06.